The van der Waals surface area contributed by atoms with Gasteiger partial charge >= 0.3 is 5.97 Å². The van der Waals surface area contributed by atoms with E-state index < -0.39 is 16.0 Å². The van der Waals surface area contributed by atoms with Crippen LogP contribution in [0.3, 0.4) is 0 Å². The Labute approximate surface area is 226 Å². The van der Waals surface area contributed by atoms with E-state index >= 15 is 0 Å². The number of anilines is 1. The highest BCUT2D eigenvalue weighted by Crippen LogP contribution is 2.32. The summed E-state index contributed by atoms with van der Waals surface area (Å²) in [6.07, 6.45) is 6.00. The van der Waals surface area contributed by atoms with E-state index in [-0.39, 0.29) is 4.90 Å². The van der Waals surface area contributed by atoms with Crippen LogP contribution in [0.4, 0.5) is 5.69 Å². The first-order valence-electron chi connectivity index (χ1n) is 13.6. The van der Waals surface area contributed by atoms with Gasteiger partial charge in [-0.1, -0.05) is 42.3 Å². The van der Waals surface area contributed by atoms with E-state index in [0.717, 1.165) is 74.0 Å². The van der Waals surface area contributed by atoms with Crippen LogP contribution >= 0.6 is 0 Å². The predicted molar refractivity (Wildman–Crippen MR) is 151 cm³/mol. The number of sulfonamides is 1. The topological polar surface area (TPSA) is 66.9 Å². The molecule has 0 saturated carbocycles. The van der Waals surface area contributed by atoms with E-state index in [9.17, 15) is 13.2 Å². The van der Waals surface area contributed by atoms with Crippen LogP contribution in [0.2, 0.25) is 0 Å². The molecule has 0 atom stereocenters. The largest absolute Gasteiger partial charge is 0.423 e. The summed E-state index contributed by atoms with van der Waals surface area (Å²) < 4.78 is 34.3. The molecule has 0 radical (unpaired) electrons. The molecule has 2 aliphatic rings. The number of rotatable bonds is 6. The molecule has 2 saturated heterocycles. The first-order valence-corrected chi connectivity index (χ1v) is 15.1. The van der Waals surface area contributed by atoms with Gasteiger partial charge in [-0.05, 0) is 93.0 Å². The third kappa shape index (κ3) is 5.64. The fraction of sp³-hybridized carbons (Fsp3) is 0.387. The van der Waals surface area contributed by atoms with Crippen LogP contribution < -0.4 is 9.64 Å². The van der Waals surface area contributed by atoms with Crippen molar-refractivity contribution in [3.63, 3.8) is 0 Å². The third-order valence-electron chi connectivity index (χ3n) is 7.60. The zero-order valence-corrected chi connectivity index (χ0v) is 23.1. The van der Waals surface area contributed by atoms with Crippen LogP contribution in [0.1, 0.15) is 60.0 Å². The summed E-state index contributed by atoms with van der Waals surface area (Å²) in [5, 5.41) is 0. The van der Waals surface area contributed by atoms with Crippen molar-refractivity contribution in [2.75, 3.05) is 31.1 Å². The van der Waals surface area contributed by atoms with Crippen molar-refractivity contribution in [3.8, 4) is 16.9 Å². The Balaban J connectivity index is 1.46. The molecular formula is C31H36N2O4S. The van der Waals surface area contributed by atoms with Gasteiger partial charge < -0.3 is 9.64 Å². The lowest BCUT2D eigenvalue weighted by atomic mass is 10.0. The molecule has 5 rings (SSSR count). The minimum Gasteiger partial charge on any atom is -0.423 e. The van der Waals surface area contributed by atoms with E-state index in [1.807, 2.05) is 25.1 Å². The number of esters is 1. The van der Waals surface area contributed by atoms with Crippen molar-refractivity contribution in [2.45, 2.75) is 57.3 Å². The number of hydrogen-bond donors (Lipinski definition) is 0. The molecule has 0 unspecified atom stereocenters. The number of carbonyl (C=O) groups is 1. The smallest absolute Gasteiger partial charge is 0.345 e. The molecular weight excluding hydrogens is 496 g/mol. The highest BCUT2D eigenvalue weighted by molar-refractivity contribution is 7.89. The van der Waals surface area contributed by atoms with Gasteiger partial charge in [0, 0.05) is 26.2 Å². The third-order valence-corrected chi connectivity index (χ3v) is 9.49. The highest BCUT2D eigenvalue weighted by atomic mass is 32.2. The van der Waals surface area contributed by atoms with Crippen molar-refractivity contribution in [3.05, 3.63) is 77.4 Å². The quantitative estimate of drug-likeness (QED) is 0.273. The Hall–Kier alpha value is -3.16. The van der Waals surface area contributed by atoms with Gasteiger partial charge in [-0.3, -0.25) is 0 Å². The molecule has 38 heavy (non-hydrogen) atoms. The second-order valence-corrected chi connectivity index (χ2v) is 12.4. The Morgan fingerprint density at radius 3 is 2.03 bits per heavy atom. The van der Waals surface area contributed by atoms with Crippen molar-refractivity contribution in [1.29, 1.82) is 0 Å². The van der Waals surface area contributed by atoms with E-state index in [0.29, 0.717) is 24.4 Å². The second kappa shape index (κ2) is 11.3. The summed E-state index contributed by atoms with van der Waals surface area (Å²) in [6.45, 7) is 6.68. The van der Waals surface area contributed by atoms with Crippen LogP contribution in [-0.4, -0.2) is 44.9 Å². The first-order chi connectivity index (χ1) is 18.3. The Kier molecular flexibility index (Phi) is 7.86. The molecule has 0 N–H and O–H groups in total. The molecule has 0 aromatic heterocycles. The highest BCUT2D eigenvalue weighted by Gasteiger charge is 2.29. The van der Waals surface area contributed by atoms with Crippen LogP contribution in [0, 0.1) is 13.8 Å². The summed E-state index contributed by atoms with van der Waals surface area (Å²) in [7, 11) is -3.68. The van der Waals surface area contributed by atoms with Gasteiger partial charge in [0.1, 0.15) is 5.75 Å². The van der Waals surface area contributed by atoms with Crippen LogP contribution in [-0.2, 0) is 10.0 Å². The van der Waals surface area contributed by atoms with Crippen molar-refractivity contribution >= 4 is 21.7 Å². The molecule has 200 valence electrons. The van der Waals surface area contributed by atoms with Crippen LogP contribution in [0.5, 0.6) is 5.75 Å². The average Bonchev–Trinajstić information content (AvgIpc) is 2.95. The number of piperidine rings is 2. The summed E-state index contributed by atoms with van der Waals surface area (Å²) in [5.41, 5.74) is 5.22. The standard InChI is InChI=1S/C31H36N2O4S/c1-23-9-11-25(12-10-23)26-13-16-30(24(2)21-26)37-31(34)28-22-27(38(35,36)33-19-7-4-8-20-33)14-15-29(28)32-17-5-3-6-18-32/h9-16,21-22H,3-8,17-20H2,1-2H3. The fourth-order valence-corrected chi connectivity index (χ4v) is 6.89. The van der Waals surface area contributed by atoms with Gasteiger partial charge in [0.2, 0.25) is 10.0 Å². The number of carbonyl (C=O) groups excluding carboxylic acids is 1. The minimum atomic E-state index is -3.68. The monoisotopic (exact) mass is 532 g/mol. The maximum absolute atomic E-state index is 13.6. The van der Waals surface area contributed by atoms with Crippen molar-refractivity contribution < 1.29 is 17.9 Å². The minimum absolute atomic E-state index is 0.151. The molecule has 7 heteroatoms. The van der Waals surface area contributed by atoms with Gasteiger partial charge in [0.15, 0.2) is 0 Å². The normalized spacial score (nSPS) is 16.8. The maximum atomic E-state index is 13.6. The zero-order chi connectivity index (χ0) is 26.7. The number of hydrogen-bond acceptors (Lipinski definition) is 5. The van der Waals surface area contributed by atoms with Gasteiger partial charge in [-0.2, -0.15) is 4.31 Å². The van der Waals surface area contributed by atoms with E-state index in [1.165, 1.54) is 15.9 Å². The number of benzene rings is 3. The molecule has 0 spiro atoms. The van der Waals surface area contributed by atoms with Gasteiger partial charge in [-0.15, -0.1) is 0 Å². The molecule has 0 bridgehead atoms. The lowest BCUT2D eigenvalue weighted by molar-refractivity contribution is 0.0734. The van der Waals surface area contributed by atoms with Crippen molar-refractivity contribution in [2.24, 2.45) is 0 Å². The molecule has 0 amide bonds. The Morgan fingerprint density at radius 2 is 1.37 bits per heavy atom. The Morgan fingerprint density at radius 1 is 0.737 bits per heavy atom. The van der Waals surface area contributed by atoms with Crippen LogP contribution in [0.15, 0.2) is 65.6 Å². The molecule has 2 fully saturated rings. The number of aryl methyl sites for hydroxylation is 2. The van der Waals surface area contributed by atoms with E-state index in [1.54, 1.807) is 12.1 Å². The second-order valence-electron chi connectivity index (χ2n) is 10.4. The van der Waals surface area contributed by atoms with E-state index in [2.05, 4.69) is 36.1 Å². The fourth-order valence-electron chi connectivity index (χ4n) is 5.35. The lowest BCUT2D eigenvalue weighted by Crippen LogP contribution is -2.36. The summed E-state index contributed by atoms with van der Waals surface area (Å²) in [4.78, 5) is 15.9. The summed E-state index contributed by atoms with van der Waals surface area (Å²) in [5.74, 6) is -0.0628. The van der Waals surface area contributed by atoms with Gasteiger partial charge in [0.05, 0.1) is 16.1 Å². The molecule has 6 nitrogen and oxygen atoms in total. The zero-order valence-electron chi connectivity index (χ0n) is 22.3. The first kappa shape index (κ1) is 26.4. The van der Waals surface area contributed by atoms with E-state index in [4.69, 9.17) is 4.74 Å². The van der Waals surface area contributed by atoms with Gasteiger partial charge in [-0.25, -0.2) is 13.2 Å². The molecule has 0 aliphatic carbocycles. The summed E-state index contributed by atoms with van der Waals surface area (Å²) in [6, 6.07) is 19.0. The van der Waals surface area contributed by atoms with Gasteiger partial charge in [0.25, 0.3) is 0 Å². The van der Waals surface area contributed by atoms with Crippen LogP contribution in [0.25, 0.3) is 11.1 Å². The number of ether oxygens (including phenoxy) is 1. The maximum Gasteiger partial charge on any atom is 0.345 e. The molecule has 3 aromatic rings. The molecule has 2 heterocycles. The van der Waals surface area contributed by atoms with Crippen molar-refractivity contribution in [1.82, 2.24) is 4.31 Å². The lowest BCUT2D eigenvalue weighted by Gasteiger charge is -2.31. The average molecular weight is 533 g/mol. The predicted octanol–water partition coefficient (Wildman–Crippen LogP) is 6.35. The SMILES string of the molecule is Cc1ccc(-c2ccc(OC(=O)c3cc(S(=O)(=O)N4CCCCC4)ccc3N3CCCCC3)c(C)c2)cc1. The Bertz CT molecular complexity index is 1400. The number of nitrogens with zero attached hydrogens (tertiary/aromatic N) is 2. The summed E-state index contributed by atoms with van der Waals surface area (Å²) >= 11 is 0. The molecule has 3 aromatic carbocycles. The molecule has 2 aliphatic heterocycles.